The molecule has 7 heteroatoms. The van der Waals surface area contributed by atoms with Crippen LogP contribution in [0, 0.1) is 18.3 Å². The molecule has 0 radical (unpaired) electrons. The van der Waals surface area contributed by atoms with Crippen LogP contribution in [-0.2, 0) is 4.74 Å². The molecule has 3 rings (SSSR count). The summed E-state index contributed by atoms with van der Waals surface area (Å²) in [6.45, 7) is 1.11. The van der Waals surface area contributed by atoms with Crippen LogP contribution in [0.1, 0.15) is 32.0 Å². The van der Waals surface area contributed by atoms with Crippen molar-refractivity contribution < 1.29 is 18.7 Å². The lowest BCUT2D eigenvalue weighted by atomic mass is 10.1. The molecule has 0 spiro atoms. The van der Waals surface area contributed by atoms with E-state index in [2.05, 4.69) is 0 Å². The van der Waals surface area contributed by atoms with Crippen molar-refractivity contribution in [1.29, 1.82) is 5.26 Å². The van der Waals surface area contributed by atoms with Gasteiger partial charge in [0.2, 0.25) is 5.88 Å². The van der Waals surface area contributed by atoms with Gasteiger partial charge in [-0.15, -0.1) is 0 Å². The van der Waals surface area contributed by atoms with Gasteiger partial charge in [-0.25, -0.2) is 4.79 Å². The van der Waals surface area contributed by atoms with Crippen LogP contribution >= 0.6 is 11.6 Å². The van der Waals surface area contributed by atoms with Gasteiger partial charge < -0.3 is 9.15 Å². The Hall–Kier alpha value is -3.30. The number of carbonyl (C=O) groups excluding carboxylic acids is 2. The Morgan fingerprint density at radius 2 is 1.88 bits per heavy atom. The van der Waals surface area contributed by atoms with E-state index in [0.29, 0.717) is 10.6 Å². The second kappa shape index (κ2) is 7.30. The zero-order valence-electron chi connectivity index (χ0n) is 13.7. The topological polar surface area (TPSA) is 85.2 Å². The summed E-state index contributed by atoms with van der Waals surface area (Å²) in [6, 6.07) is 11.7. The van der Waals surface area contributed by atoms with Crippen LogP contribution in [0.4, 0.5) is 0 Å². The summed E-state index contributed by atoms with van der Waals surface area (Å²) >= 11 is 5.78. The zero-order valence-corrected chi connectivity index (χ0v) is 14.5. The van der Waals surface area contributed by atoms with Crippen LogP contribution in [0.25, 0.3) is 5.88 Å². The highest BCUT2D eigenvalue weighted by atomic mass is 35.5. The van der Waals surface area contributed by atoms with E-state index >= 15 is 0 Å². The highest BCUT2D eigenvalue weighted by Crippen LogP contribution is 2.26. The highest BCUT2D eigenvalue weighted by molar-refractivity contribution is 6.30. The third-order valence-corrected chi connectivity index (χ3v) is 3.97. The van der Waals surface area contributed by atoms with E-state index in [4.69, 9.17) is 20.8 Å². The molecule has 0 bridgehead atoms. The molecular formula is C19H13ClN2O4. The Morgan fingerprint density at radius 1 is 1.23 bits per heavy atom. The van der Waals surface area contributed by atoms with E-state index in [1.807, 2.05) is 6.07 Å². The summed E-state index contributed by atoms with van der Waals surface area (Å²) in [5.74, 6) is -0.691. The standard InChI is InChI=1S/C19H13ClN2O4/c1-12-17(15(10-21)18(26-12)22-8-2-3-9-22)19(24)25-11-16(23)13-4-6-14(20)7-5-13/h2-9H,11H2,1H3. The minimum Gasteiger partial charge on any atom is -0.454 e. The van der Waals surface area contributed by atoms with Crippen molar-refractivity contribution in [3.8, 4) is 12.0 Å². The number of esters is 1. The average Bonchev–Trinajstić information content (AvgIpc) is 3.27. The first kappa shape index (κ1) is 17.5. The van der Waals surface area contributed by atoms with Gasteiger partial charge in [-0.3, -0.25) is 9.36 Å². The van der Waals surface area contributed by atoms with Gasteiger partial charge in [-0.1, -0.05) is 11.6 Å². The molecule has 0 aliphatic heterocycles. The number of nitrogens with zero attached hydrogens (tertiary/aromatic N) is 2. The minimum absolute atomic E-state index is 0.0140. The minimum atomic E-state index is -0.788. The van der Waals surface area contributed by atoms with Crippen molar-refractivity contribution >= 4 is 23.4 Å². The summed E-state index contributed by atoms with van der Waals surface area (Å²) < 4.78 is 12.2. The highest BCUT2D eigenvalue weighted by Gasteiger charge is 2.26. The second-order valence-corrected chi connectivity index (χ2v) is 5.86. The van der Waals surface area contributed by atoms with Crippen LogP contribution in [0.3, 0.4) is 0 Å². The first-order chi connectivity index (χ1) is 12.5. The van der Waals surface area contributed by atoms with Gasteiger partial charge in [-0.2, -0.15) is 5.26 Å². The maximum absolute atomic E-state index is 12.4. The largest absolute Gasteiger partial charge is 0.454 e. The third-order valence-electron chi connectivity index (χ3n) is 3.72. The van der Waals surface area contributed by atoms with Crippen LogP contribution < -0.4 is 0 Å². The predicted molar refractivity (Wildman–Crippen MR) is 93.6 cm³/mol. The Morgan fingerprint density at radius 3 is 2.50 bits per heavy atom. The van der Waals surface area contributed by atoms with E-state index in [0.717, 1.165) is 0 Å². The van der Waals surface area contributed by atoms with Crippen molar-refractivity contribution in [2.45, 2.75) is 6.92 Å². The van der Waals surface area contributed by atoms with Crippen LogP contribution in [0.15, 0.2) is 53.2 Å². The van der Waals surface area contributed by atoms with Crippen molar-refractivity contribution in [3.05, 3.63) is 76.3 Å². The number of ketones is 1. The van der Waals surface area contributed by atoms with Crippen molar-refractivity contribution in [2.24, 2.45) is 0 Å². The normalized spacial score (nSPS) is 10.3. The van der Waals surface area contributed by atoms with E-state index < -0.39 is 12.6 Å². The van der Waals surface area contributed by atoms with E-state index in [-0.39, 0.29) is 28.6 Å². The van der Waals surface area contributed by atoms with Gasteiger partial charge >= 0.3 is 5.97 Å². The number of hydrogen-bond acceptors (Lipinski definition) is 5. The second-order valence-electron chi connectivity index (χ2n) is 5.42. The average molecular weight is 369 g/mol. The molecule has 0 unspecified atom stereocenters. The first-order valence-electron chi connectivity index (χ1n) is 7.64. The SMILES string of the molecule is Cc1oc(-n2cccc2)c(C#N)c1C(=O)OCC(=O)c1ccc(Cl)cc1. The number of ether oxygens (including phenoxy) is 1. The number of furan rings is 1. The van der Waals surface area contributed by atoms with Gasteiger partial charge in [-0.05, 0) is 43.3 Å². The number of rotatable bonds is 5. The molecule has 0 saturated heterocycles. The van der Waals surface area contributed by atoms with E-state index in [1.54, 1.807) is 60.3 Å². The number of carbonyl (C=O) groups is 2. The molecule has 26 heavy (non-hydrogen) atoms. The van der Waals surface area contributed by atoms with Crippen LogP contribution in [-0.4, -0.2) is 22.9 Å². The number of Topliss-reactive ketones (excluding diaryl/α,β-unsaturated/α-hetero) is 1. The van der Waals surface area contributed by atoms with E-state index in [9.17, 15) is 14.9 Å². The van der Waals surface area contributed by atoms with Crippen molar-refractivity contribution in [1.82, 2.24) is 4.57 Å². The fraction of sp³-hybridized carbons (Fsp3) is 0.105. The molecule has 1 aromatic carbocycles. The number of aryl methyl sites for hydroxylation is 1. The van der Waals surface area contributed by atoms with Gasteiger partial charge in [0.25, 0.3) is 0 Å². The van der Waals surface area contributed by atoms with Gasteiger partial charge in [0.05, 0.1) is 0 Å². The number of halogens is 1. The lowest BCUT2D eigenvalue weighted by Crippen LogP contribution is -2.15. The number of nitriles is 1. The smallest absolute Gasteiger partial charge is 0.343 e. The van der Waals surface area contributed by atoms with E-state index in [1.165, 1.54) is 0 Å². The molecule has 2 heterocycles. The first-order valence-corrected chi connectivity index (χ1v) is 8.01. The molecule has 0 fully saturated rings. The molecule has 0 amide bonds. The summed E-state index contributed by atoms with van der Waals surface area (Å²) in [5.41, 5.74) is 0.447. The van der Waals surface area contributed by atoms with Gasteiger partial charge in [0.15, 0.2) is 12.4 Å². The Bertz CT molecular complexity index is 996. The van der Waals surface area contributed by atoms with Gasteiger partial charge in [0, 0.05) is 23.0 Å². The molecule has 0 aliphatic rings. The molecule has 3 aromatic rings. The van der Waals surface area contributed by atoms with Crippen LogP contribution in [0.2, 0.25) is 5.02 Å². The molecule has 0 saturated carbocycles. The van der Waals surface area contributed by atoms with Crippen LogP contribution in [0.5, 0.6) is 0 Å². The van der Waals surface area contributed by atoms with Gasteiger partial charge in [0.1, 0.15) is 23.0 Å². The fourth-order valence-electron chi connectivity index (χ4n) is 2.45. The maximum atomic E-state index is 12.4. The predicted octanol–water partition coefficient (Wildman–Crippen LogP) is 3.94. The summed E-state index contributed by atoms with van der Waals surface area (Å²) in [4.78, 5) is 24.5. The number of hydrogen-bond donors (Lipinski definition) is 0. The molecule has 0 aliphatic carbocycles. The summed E-state index contributed by atoms with van der Waals surface area (Å²) in [6.07, 6.45) is 3.39. The Balaban J connectivity index is 1.79. The molecular weight excluding hydrogens is 356 g/mol. The summed E-state index contributed by atoms with van der Waals surface area (Å²) in [7, 11) is 0. The third kappa shape index (κ3) is 3.39. The molecule has 2 aromatic heterocycles. The molecule has 6 nitrogen and oxygen atoms in total. The number of benzene rings is 1. The monoisotopic (exact) mass is 368 g/mol. The molecule has 0 N–H and O–H groups in total. The fourth-order valence-corrected chi connectivity index (χ4v) is 2.58. The molecule has 130 valence electrons. The lowest BCUT2D eigenvalue weighted by Gasteiger charge is -2.04. The quantitative estimate of drug-likeness (QED) is 0.503. The maximum Gasteiger partial charge on any atom is 0.343 e. The van der Waals surface area contributed by atoms with Crippen molar-refractivity contribution in [3.63, 3.8) is 0 Å². The Kier molecular flexibility index (Phi) is 4.92. The summed E-state index contributed by atoms with van der Waals surface area (Å²) in [5, 5.41) is 9.93. The Labute approximate surface area is 154 Å². The lowest BCUT2D eigenvalue weighted by molar-refractivity contribution is 0.0472. The number of aromatic nitrogens is 1. The molecule has 0 atom stereocenters. The zero-order chi connectivity index (χ0) is 18.7. The van der Waals surface area contributed by atoms with Crippen molar-refractivity contribution in [2.75, 3.05) is 6.61 Å².